The fourth-order valence-electron chi connectivity index (χ4n) is 0.594. The quantitative estimate of drug-likeness (QED) is 0.364. The van der Waals surface area contributed by atoms with Gasteiger partial charge in [0.15, 0.2) is 0 Å². The van der Waals surface area contributed by atoms with Gasteiger partial charge in [-0.15, -0.1) is 0 Å². The molecule has 0 unspecified atom stereocenters. The molecule has 0 rings (SSSR count). The molecule has 0 amide bonds. The minimum atomic E-state index is -0.924. The molecule has 0 radical (unpaired) electrons. The highest BCUT2D eigenvalue weighted by atomic mass is 16.6. The van der Waals surface area contributed by atoms with E-state index in [0.29, 0.717) is 13.0 Å². The van der Waals surface area contributed by atoms with E-state index in [1.165, 1.54) is 0 Å². The molecule has 0 saturated heterocycles. The lowest BCUT2D eigenvalue weighted by molar-refractivity contribution is -0.139. The van der Waals surface area contributed by atoms with Gasteiger partial charge in [-0.05, 0) is 6.42 Å². The van der Waals surface area contributed by atoms with E-state index in [2.05, 4.69) is 5.48 Å². The summed E-state index contributed by atoms with van der Waals surface area (Å²) in [4.78, 5) is 24.7. The molecule has 0 fully saturated rings. The summed E-state index contributed by atoms with van der Waals surface area (Å²) in [7, 11) is 0. The molecule has 76 valence electrons. The highest BCUT2D eigenvalue weighted by molar-refractivity contribution is 5.66. The Balaban J connectivity index is 3.00. The van der Waals surface area contributed by atoms with Gasteiger partial charge in [0.2, 0.25) is 0 Å². The Morgan fingerprint density at radius 3 is 2.31 bits per heavy atom. The average molecular weight is 191 g/mol. The first-order chi connectivity index (χ1) is 6.13. The monoisotopic (exact) mass is 191 g/mol. The number of rotatable bonds is 8. The van der Waals surface area contributed by atoms with Gasteiger partial charge in [0.25, 0.3) is 0 Å². The van der Waals surface area contributed by atoms with Crippen LogP contribution in [-0.2, 0) is 14.4 Å². The normalized spacial score (nSPS) is 9.85. The number of nitrogens with one attached hydrogen (secondary N) is 1. The van der Waals surface area contributed by atoms with Crippen molar-refractivity contribution in [3.63, 3.8) is 0 Å². The lowest BCUT2D eigenvalue weighted by Crippen LogP contribution is -2.18. The maximum atomic E-state index is 10.0. The largest absolute Gasteiger partial charge is 0.481 e. The van der Waals surface area contributed by atoms with Crippen LogP contribution in [0.4, 0.5) is 0 Å². The van der Waals surface area contributed by atoms with Crippen LogP contribution in [0.2, 0.25) is 0 Å². The Morgan fingerprint density at radius 2 is 1.77 bits per heavy atom. The minimum Gasteiger partial charge on any atom is -0.481 e. The standard InChI is InChI=1S/C7H13NO5/c9-6(10)2-1-4-8-13-5-3-7(11)12/h8H,1-5H2,(H,9,10)(H,11,12). The van der Waals surface area contributed by atoms with Crippen molar-refractivity contribution in [3.05, 3.63) is 0 Å². The van der Waals surface area contributed by atoms with E-state index < -0.39 is 11.9 Å². The van der Waals surface area contributed by atoms with Crippen LogP contribution in [0, 0.1) is 0 Å². The van der Waals surface area contributed by atoms with E-state index in [0.717, 1.165) is 0 Å². The topological polar surface area (TPSA) is 95.9 Å². The van der Waals surface area contributed by atoms with Crippen molar-refractivity contribution < 1.29 is 24.6 Å². The van der Waals surface area contributed by atoms with Crippen molar-refractivity contribution in [2.45, 2.75) is 19.3 Å². The predicted octanol–water partition coefficient (Wildman–Crippen LogP) is -0.153. The van der Waals surface area contributed by atoms with Crippen LogP contribution in [0.3, 0.4) is 0 Å². The molecule has 0 aliphatic heterocycles. The van der Waals surface area contributed by atoms with Crippen LogP contribution >= 0.6 is 0 Å². The Labute approximate surface area is 75.5 Å². The van der Waals surface area contributed by atoms with Crippen molar-refractivity contribution in [2.24, 2.45) is 0 Å². The molecule has 6 heteroatoms. The fraction of sp³-hybridized carbons (Fsp3) is 0.714. The lowest BCUT2D eigenvalue weighted by Gasteiger charge is -2.02. The molecule has 0 spiro atoms. The summed E-state index contributed by atoms with van der Waals surface area (Å²) in [5, 5.41) is 16.4. The molecule has 0 aromatic carbocycles. The first kappa shape index (κ1) is 11.9. The van der Waals surface area contributed by atoms with E-state index >= 15 is 0 Å². The number of hydrogen-bond acceptors (Lipinski definition) is 4. The van der Waals surface area contributed by atoms with E-state index in [1.54, 1.807) is 0 Å². The fourth-order valence-corrected chi connectivity index (χ4v) is 0.594. The maximum Gasteiger partial charge on any atom is 0.305 e. The zero-order chi connectivity index (χ0) is 10.1. The van der Waals surface area contributed by atoms with Gasteiger partial charge in [-0.2, -0.15) is 0 Å². The minimum absolute atomic E-state index is 0.0636. The van der Waals surface area contributed by atoms with Gasteiger partial charge < -0.3 is 15.1 Å². The molecule has 0 bridgehead atoms. The maximum absolute atomic E-state index is 10.0. The zero-order valence-corrected chi connectivity index (χ0v) is 7.15. The summed E-state index contributed by atoms with van der Waals surface area (Å²) < 4.78 is 0. The Morgan fingerprint density at radius 1 is 1.15 bits per heavy atom. The number of aliphatic carboxylic acids is 2. The van der Waals surface area contributed by atoms with Gasteiger partial charge >= 0.3 is 11.9 Å². The summed E-state index contributed by atoms with van der Waals surface area (Å²) in [6.07, 6.45) is 0.476. The Hall–Kier alpha value is -1.14. The first-order valence-electron chi connectivity index (χ1n) is 3.91. The van der Waals surface area contributed by atoms with Gasteiger partial charge in [0.05, 0.1) is 13.0 Å². The predicted molar refractivity (Wildman–Crippen MR) is 43.1 cm³/mol. The van der Waals surface area contributed by atoms with Crippen LogP contribution < -0.4 is 5.48 Å². The average Bonchev–Trinajstić information content (AvgIpc) is 2.01. The summed E-state index contributed by atoms with van der Waals surface area (Å²) in [6, 6.07) is 0. The molecule has 0 saturated carbocycles. The highest BCUT2D eigenvalue weighted by Gasteiger charge is 1.97. The van der Waals surface area contributed by atoms with Gasteiger partial charge in [-0.3, -0.25) is 9.59 Å². The molecule has 0 heterocycles. The van der Waals surface area contributed by atoms with Gasteiger partial charge in [0, 0.05) is 13.0 Å². The SMILES string of the molecule is O=C(O)CCCNOCCC(=O)O. The molecule has 13 heavy (non-hydrogen) atoms. The second kappa shape index (κ2) is 7.51. The Kier molecular flexibility index (Phi) is 6.85. The molecular formula is C7H13NO5. The molecule has 0 aromatic rings. The van der Waals surface area contributed by atoms with E-state index in [9.17, 15) is 9.59 Å². The third-order valence-electron chi connectivity index (χ3n) is 1.19. The Bertz CT molecular complexity index is 152. The second-order valence-electron chi connectivity index (χ2n) is 2.38. The molecule has 3 N–H and O–H groups in total. The zero-order valence-electron chi connectivity index (χ0n) is 7.15. The number of carboxylic acid groups (broad SMARTS) is 2. The van der Waals surface area contributed by atoms with Crippen molar-refractivity contribution >= 4 is 11.9 Å². The van der Waals surface area contributed by atoms with E-state index in [4.69, 9.17) is 15.1 Å². The van der Waals surface area contributed by atoms with E-state index in [1.807, 2.05) is 0 Å². The van der Waals surface area contributed by atoms with Gasteiger partial charge in [-0.25, -0.2) is 5.48 Å². The van der Waals surface area contributed by atoms with Crippen LogP contribution in [0.1, 0.15) is 19.3 Å². The molecule has 0 aliphatic rings. The summed E-state index contributed by atoms with van der Waals surface area (Å²) >= 11 is 0. The first-order valence-corrected chi connectivity index (χ1v) is 3.91. The molecule has 6 nitrogen and oxygen atoms in total. The summed E-state index contributed by atoms with van der Waals surface area (Å²) in [5.41, 5.74) is 2.47. The van der Waals surface area contributed by atoms with Crippen LogP contribution in [0.5, 0.6) is 0 Å². The second-order valence-corrected chi connectivity index (χ2v) is 2.38. The molecular weight excluding hydrogens is 178 g/mol. The smallest absolute Gasteiger partial charge is 0.305 e. The van der Waals surface area contributed by atoms with Crippen molar-refractivity contribution in [3.8, 4) is 0 Å². The van der Waals surface area contributed by atoms with Crippen LogP contribution in [-0.4, -0.2) is 35.3 Å². The summed E-state index contributed by atoms with van der Waals surface area (Å²) in [6.45, 7) is 0.494. The van der Waals surface area contributed by atoms with Crippen molar-refractivity contribution in [2.75, 3.05) is 13.2 Å². The third-order valence-corrected chi connectivity index (χ3v) is 1.19. The number of carbonyl (C=O) groups is 2. The van der Waals surface area contributed by atoms with Crippen LogP contribution in [0.25, 0.3) is 0 Å². The van der Waals surface area contributed by atoms with Crippen molar-refractivity contribution in [1.29, 1.82) is 0 Å². The molecule has 0 aromatic heterocycles. The number of carboxylic acids is 2. The number of hydrogen-bond donors (Lipinski definition) is 3. The number of hydroxylamine groups is 1. The third kappa shape index (κ3) is 10.9. The van der Waals surface area contributed by atoms with E-state index in [-0.39, 0.29) is 19.4 Å². The van der Waals surface area contributed by atoms with Gasteiger partial charge in [0.1, 0.15) is 0 Å². The lowest BCUT2D eigenvalue weighted by atomic mass is 10.3. The summed E-state index contributed by atoms with van der Waals surface area (Å²) in [5.74, 6) is -1.78. The van der Waals surface area contributed by atoms with Crippen molar-refractivity contribution in [1.82, 2.24) is 5.48 Å². The van der Waals surface area contributed by atoms with Crippen LogP contribution in [0.15, 0.2) is 0 Å². The molecule has 0 aliphatic carbocycles. The van der Waals surface area contributed by atoms with Gasteiger partial charge in [-0.1, -0.05) is 0 Å². The molecule has 0 atom stereocenters. The highest BCUT2D eigenvalue weighted by Crippen LogP contribution is 1.86.